The van der Waals surface area contributed by atoms with Crippen LogP contribution in [-0.4, -0.2) is 41.9 Å². The van der Waals surface area contributed by atoms with Crippen LogP contribution in [-0.2, 0) is 23.8 Å². The Morgan fingerprint density at radius 2 is 2.11 bits per heavy atom. The minimum absolute atomic E-state index is 0.0273. The molecule has 6 heteroatoms. The first-order chi connectivity index (χ1) is 8.40. The van der Waals surface area contributed by atoms with E-state index in [0.29, 0.717) is 11.0 Å². The summed E-state index contributed by atoms with van der Waals surface area (Å²) in [5, 5.41) is 0.376. The molecule has 0 aromatic rings. The molecule has 1 fully saturated rings. The van der Waals surface area contributed by atoms with E-state index < -0.39 is 24.8 Å². The summed E-state index contributed by atoms with van der Waals surface area (Å²) in [5.74, 6) is -0.629. The minimum Gasteiger partial charge on any atom is -0.450 e. The highest BCUT2D eigenvalue weighted by Crippen LogP contribution is 2.25. The average molecular weight is 274 g/mol. The summed E-state index contributed by atoms with van der Waals surface area (Å²) in [4.78, 5) is 22.5. The Morgan fingerprint density at radius 3 is 2.67 bits per heavy atom. The van der Waals surface area contributed by atoms with Crippen LogP contribution in [0.2, 0.25) is 0 Å². The summed E-state index contributed by atoms with van der Waals surface area (Å²) in [6.07, 6.45) is -0.545. The summed E-state index contributed by atoms with van der Waals surface area (Å²) in [6.45, 7) is 8.49. The first kappa shape index (κ1) is 15.0. The van der Waals surface area contributed by atoms with Crippen molar-refractivity contribution in [1.82, 2.24) is 0 Å². The fourth-order valence-corrected chi connectivity index (χ4v) is 2.19. The average Bonchev–Trinajstić information content (AvgIpc) is 2.30. The van der Waals surface area contributed by atoms with E-state index >= 15 is 0 Å². The third-order valence-electron chi connectivity index (χ3n) is 2.46. The Balaban J connectivity index is 2.28. The summed E-state index contributed by atoms with van der Waals surface area (Å²) >= 11 is 1.68. The van der Waals surface area contributed by atoms with Gasteiger partial charge in [-0.1, -0.05) is 13.5 Å². The predicted octanol–water partition coefficient (Wildman–Crippen LogP) is 1.52. The molecule has 0 aromatic carbocycles. The third-order valence-corrected chi connectivity index (χ3v) is 3.83. The smallest absolute Gasteiger partial charge is 0.346 e. The molecular formula is C12H18O5S. The van der Waals surface area contributed by atoms with Gasteiger partial charge in [0.1, 0.15) is 0 Å². The first-order valence-corrected chi connectivity index (χ1v) is 6.74. The quantitative estimate of drug-likeness (QED) is 0.572. The van der Waals surface area contributed by atoms with Crippen LogP contribution >= 0.6 is 11.8 Å². The van der Waals surface area contributed by atoms with E-state index in [1.165, 1.54) is 6.92 Å². The largest absolute Gasteiger partial charge is 0.450 e. The van der Waals surface area contributed by atoms with Crippen LogP contribution in [0.25, 0.3) is 0 Å². The van der Waals surface area contributed by atoms with Crippen molar-refractivity contribution in [2.75, 3.05) is 12.4 Å². The number of rotatable bonds is 4. The van der Waals surface area contributed by atoms with Crippen LogP contribution < -0.4 is 0 Å². The maximum absolute atomic E-state index is 11.4. The van der Waals surface area contributed by atoms with Crippen molar-refractivity contribution >= 4 is 23.7 Å². The molecule has 3 unspecified atom stereocenters. The van der Waals surface area contributed by atoms with Gasteiger partial charge in [-0.3, -0.25) is 0 Å². The third kappa shape index (κ3) is 4.70. The predicted molar refractivity (Wildman–Crippen MR) is 68.1 cm³/mol. The second-order valence-electron chi connectivity index (χ2n) is 4.16. The van der Waals surface area contributed by atoms with Gasteiger partial charge in [0.25, 0.3) is 0 Å². The number of hydrogen-bond donors (Lipinski definition) is 0. The van der Waals surface area contributed by atoms with Crippen molar-refractivity contribution in [3.8, 4) is 0 Å². The van der Waals surface area contributed by atoms with Gasteiger partial charge in [-0.05, 0) is 13.8 Å². The van der Waals surface area contributed by atoms with Gasteiger partial charge >= 0.3 is 11.9 Å². The Morgan fingerprint density at radius 1 is 1.44 bits per heavy atom. The Kier molecular flexibility index (Phi) is 5.68. The highest BCUT2D eigenvalue weighted by Gasteiger charge is 2.28. The van der Waals surface area contributed by atoms with E-state index in [1.807, 2.05) is 6.92 Å². The van der Waals surface area contributed by atoms with E-state index in [-0.39, 0.29) is 11.7 Å². The van der Waals surface area contributed by atoms with E-state index in [2.05, 4.69) is 18.2 Å². The van der Waals surface area contributed by atoms with Gasteiger partial charge in [0.15, 0.2) is 6.61 Å². The van der Waals surface area contributed by atoms with Gasteiger partial charge in [0.2, 0.25) is 6.29 Å². The molecule has 1 heterocycles. The van der Waals surface area contributed by atoms with E-state index in [1.54, 1.807) is 11.8 Å². The highest BCUT2D eigenvalue weighted by molar-refractivity contribution is 8.00. The van der Waals surface area contributed by atoms with Crippen LogP contribution in [0.5, 0.6) is 0 Å². The SMILES string of the molecule is C=C(C)C(=O)OCC(=O)OC1CSC(C)C(C)O1. The molecule has 0 saturated carbocycles. The standard InChI is InChI=1S/C12H18O5S/c1-7(2)12(14)15-5-10(13)17-11-6-18-9(4)8(3)16-11/h8-9,11H,1,5-6H2,2-4H3. The molecule has 0 N–H and O–H groups in total. The maximum Gasteiger partial charge on any atom is 0.346 e. The van der Waals surface area contributed by atoms with Gasteiger partial charge in [-0.15, -0.1) is 11.8 Å². The van der Waals surface area contributed by atoms with E-state index in [4.69, 9.17) is 9.47 Å². The van der Waals surface area contributed by atoms with E-state index in [0.717, 1.165) is 0 Å². The highest BCUT2D eigenvalue weighted by atomic mass is 32.2. The van der Waals surface area contributed by atoms with Crippen molar-refractivity contribution < 1.29 is 23.8 Å². The molecule has 0 amide bonds. The zero-order chi connectivity index (χ0) is 13.7. The molecule has 0 bridgehead atoms. The topological polar surface area (TPSA) is 61.8 Å². The summed E-state index contributed by atoms with van der Waals surface area (Å²) in [7, 11) is 0. The second kappa shape index (κ2) is 6.80. The van der Waals surface area contributed by atoms with E-state index in [9.17, 15) is 9.59 Å². The molecule has 1 saturated heterocycles. The zero-order valence-electron chi connectivity index (χ0n) is 10.8. The van der Waals surface area contributed by atoms with Crippen molar-refractivity contribution in [2.24, 2.45) is 0 Å². The van der Waals surface area contributed by atoms with Crippen LogP contribution in [0, 0.1) is 0 Å². The van der Waals surface area contributed by atoms with Crippen LogP contribution in [0.4, 0.5) is 0 Å². The molecule has 1 aliphatic rings. The number of thioether (sulfide) groups is 1. The summed E-state index contributed by atoms with van der Waals surface area (Å²) < 4.78 is 15.2. The fraction of sp³-hybridized carbons (Fsp3) is 0.667. The molecule has 1 aliphatic heterocycles. The van der Waals surface area contributed by atoms with Crippen molar-refractivity contribution in [2.45, 2.75) is 38.4 Å². The molecule has 0 radical (unpaired) electrons. The first-order valence-electron chi connectivity index (χ1n) is 5.69. The lowest BCUT2D eigenvalue weighted by molar-refractivity contribution is -0.189. The molecule has 102 valence electrons. The number of esters is 2. The lowest BCUT2D eigenvalue weighted by Crippen LogP contribution is -2.38. The summed E-state index contributed by atoms with van der Waals surface area (Å²) in [6, 6.07) is 0. The van der Waals surface area contributed by atoms with Gasteiger partial charge < -0.3 is 14.2 Å². The molecule has 0 spiro atoms. The lowest BCUT2D eigenvalue weighted by atomic mass is 10.3. The van der Waals surface area contributed by atoms with Gasteiger partial charge in [-0.2, -0.15) is 0 Å². The zero-order valence-corrected chi connectivity index (χ0v) is 11.6. The molecule has 0 aromatic heterocycles. The number of ether oxygens (including phenoxy) is 3. The van der Waals surface area contributed by atoms with Crippen LogP contribution in [0.3, 0.4) is 0 Å². The second-order valence-corrected chi connectivity index (χ2v) is 5.57. The van der Waals surface area contributed by atoms with Crippen molar-refractivity contribution in [3.05, 3.63) is 12.2 Å². The lowest BCUT2D eigenvalue weighted by Gasteiger charge is -2.31. The normalized spacial score (nSPS) is 27.4. The van der Waals surface area contributed by atoms with Gasteiger partial charge in [-0.25, -0.2) is 9.59 Å². The summed E-state index contributed by atoms with van der Waals surface area (Å²) in [5.41, 5.74) is 0.245. The monoisotopic (exact) mass is 274 g/mol. The molecule has 5 nitrogen and oxygen atoms in total. The molecule has 18 heavy (non-hydrogen) atoms. The molecule has 0 aliphatic carbocycles. The van der Waals surface area contributed by atoms with Crippen molar-refractivity contribution in [1.29, 1.82) is 0 Å². The minimum atomic E-state index is -0.614. The molecular weight excluding hydrogens is 256 g/mol. The molecule has 1 rings (SSSR count). The van der Waals surface area contributed by atoms with Gasteiger partial charge in [0.05, 0.1) is 11.9 Å². The number of carbonyl (C=O) groups excluding carboxylic acids is 2. The van der Waals surface area contributed by atoms with Crippen molar-refractivity contribution in [3.63, 3.8) is 0 Å². The number of carbonyl (C=O) groups is 2. The Bertz CT molecular complexity index is 341. The van der Waals surface area contributed by atoms with Crippen LogP contribution in [0.15, 0.2) is 12.2 Å². The Labute approximate surface area is 111 Å². The fourth-order valence-electron chi connectivity index (χ4n) is 1.25. The maximum atomic E-state index is 11.4. The Hall–Kier alpha value is -1.01. The van der Waals surface area contributed by atoms with Gasteiger partial charge in [0, 0.05) is 10.8 Å². The van der Waals surface area contributed by atoms with Crippen LogP contribution in [0.1, 0.15) is 20.8 Å². The number of hydrogen-bond acceptors (Lipinski definition) is 6. The molecule has 3 atom stereocenters.